The fourth-order valence-electron chi connectivity index (χ4n) is 3.14. The summed E-state index contributed by atoms with van der Waals surface area (Å²) in [6, 6.07) is 12.3. The van der Waals surface area contributed by atoms with Gasteiger partial charge < -0.3 is 10.1 Å². The first-order chi connectivity index (χ1) is 14.3. The number of ether oxygens (including phenoxy) is 1. The van der Waals surface area contributed by atoms with E-state index in [0.717, 1.165) is 23.4 Å². The van der Waals surface area contributed by atoms with E-state index in [2.05, 4.69) is 18.2 Å². The molecule has 1 N–H and O–H groups in total. The molecule has 1 aliphatic heterocycles. The van der Waals surface area contributed by atoms with Gasteiger partial charge >= 0.3 is 0 Å². The van der Waals surface area contributed by atoms with E-state index in [9.17, 15) is 9.59 Å². The fraction of sp³-hybridized carbons (Fsp3) is 0.318. The summed E-state index contributed by atoms with van der Waals surface area (Å²) in [6.07, 6.45) is 3.13. The Hall–Kier alpha value is -2.51. The summed E-state index contributed by atoms with van der Waals surface area (Å²) in [5, 5.41) is 3.46. The van der Waals surface area contributed by atoms with Crippen molar-refractivity contribution in [1.29, 1.82) is 0 Å². The summed E-state index contributed by atoms with van der Waals surface area (Å²) < 4.78 is 12.2. The molecule has 6 nitrogen and oxygen atoms in total. The van der Waals surface area contributed by atoms with Crippen LogP contribution in [0.5, 0.6) is 5.75 Å². The van der Waals surface area contributed by atoms with Crippen LogP contribution in [-0.4, -0.2) is 35.8 Å². The second kappa shape index (κ2) is 9.53. The minimum absolute atomic E-state index is 0.00996. The molecule has 2 aromatic carbocycles. The number of hydrogen-bond acceptors (Lipinski definition) is 5. The van der Waals surface area contributed by atoms with Crippen molar-refractivity contribution in [3.8, 4) is 5.75 Å². The number of benzene rings is 2. The van der Waals surface area contributed by atoms with Crippen molar-refractivity contribution in [2.45, 2.75) is 32.1 Å². The number of amides is 1. The highest BCUT2D eigenvalue weighted by atomic mass is 35.5. The molecule has 1 heterocycles. The SMILES string of the molecule is CC1(C)C(=O)Nc2ccc(OCCCC=[N+](CC(=O)c3ccc(Cl)cc3)OS)cc21. The molecule has 0 unspecified atom stereocenters. The van der Waals surface area contributed by atoms with Gasteiger partial charge in [-0.15, -0.1) is 0 Å². The van der Waals surface area contributed by atoms with Gasteiger partial charge in [-0.25, -0.2) is 4.28 Å². The second-order valence-corrected chi connectivity index (χ2v) is 8.15. The summed E-state index contributed by atoms with van der Waals surface area (Å²) in [5.41, 5.74) is 1.76. The van der Waals surface area contributed by atoms with Crippen molar-refractivity contribution >= 4 is 48.1 Å². The Bertz CT molecular complexity index is 974. The number of Topliss-reactive ketones (excluding diaryl/α,β-unsaturated/α-hetero) is 1. The fourth-order valence-corrected chi connectivity index (χ4v) is 3.39. The van der Waals surface area contributed by atoms with Crippen LogP contribution in [0, 0.1) is 0 Å². The monoisotopic (exact) mass is 447 g/mol. The molecule has 158 valence electrons. The predicted molar refractivity (Wildman–Crippen MR) is 120 cm³/mol. The van der Waals surface area contributed by atoms with E-state index in [1.807, 2.05) is 32.0 Å². The van der Waals surface area contributed by atoms with Crippen LogP contribution in [0.3, 0.4) is 0 Å². The third-order valence-corrected chi connectivity index (χ3v) is 5.46. The third-order valence-electron chi connectivity index (χ3n) is 5.00. The standard InChI is InChI=1S/C22H23ClN2O4S/c1-22(2)18-13-17(9-10-19(18)24-21(22)27)28-12-4-3-11-25(29-30)14-20(26)15-5-7-16(23)8-6-15/h5-11,13H,3-4,12,14H2,1-2H3,(H-,24,27,30)/p+1. The van der Waals surface area contributed by atoms with E-state index in [0.29, 0.717) is 23.6 Å². The minimum Gasteiger partial charge on any atom is -0.494 e. The Balaban J connectivity index is 1.48. The summed E-state index contributed by atoms with van der Waals surface area (Å²) in [7, 11) is 0. The Kier molecular flexibility index (Phi) is 7.05. The van der Waals surface area contributed by atoms with E-state index in [-0.39, 0.29) is 18.2 Å². The van der Waals surface area contributed by atoms with E-state index in [4.69, 9.17) is 20.6 Å². The second-order valence-electron chi connectivity index (χ2n) is 7.55. The molecule has 1 amide bonds. The van der Waals surface area contributed by atoms with Crippen LogP contribution in [0.1, 0.15) is 42.6 Å². The highest BCUT2D eigenvalue weighted by Gasteiger charge is 2.38. The lowest BCUT2D eigenvalue weighted by molar-refractivity contribution is -0.728. The third kappa shape index (κ3) is 5.15. The van der Waals surface area contributed by atoms with Crippen LogP contribution in [-0.2, 0) is 14.5 Å². The van der Waals surface area contributed by atoms with Gasteiger partial charge in [-0.3, -0.25) is 9.59 Å². The summed E-state index contributed by atoms with van der Waals surface area (Å²) >= 11 is 9.66. The average Bonchev–Trinajstić information content (AvgIpc) is 2.95. The molecule has 0 atom stereocenters. The van der Waals surface area contributed by atoms with Crippen LogP contribution in [0.25, 0.3) is 0 Å². The number of hydroxylamine groups is 1. The van der Waals surface area contributed by atoms with Crippen molar-refractivity contribution in [3.63, 3.8) is 0 Å². The molecular formula is C22H24ClN2O4S+. The number of rotatable bonds is 9. The van der Waals surface area contributed by atoms with Gasteiger partial charge in [0.25, 0.3) is 6.54 Å². The van der Waals surface area contributed by atoms with E-state index in [1.54, 1.807) is 30.5 Å². The maximum absolute atomic E-state index is 12.3. The summed E-state index contributed by atoms with van der Waals surface area (Å²) in [5.74, 6) is 0.611. The van der Waals surface area contributed by atoms with Gasteiger partial charge in [-0.2, -0.15) is 0 Å². The largest absolute Gasteiger partial charge is 0.494 e. The van der Waals surface area contributed by atoms with Gasteiger partial charge in [0.2, 0.25) is 11.7 Å². The smallest absolute Gasteiger partial charge is 0.256 e. The number of anilines is 1. The number of unbranched alkanes of at least 4 members (excludes halogenated alkanes) is 1. The van der Waals surface area contributed by atoms with Crippen molar-refractivity contribution in [1.82, 2.24) is 0 Å². The number of carbonyl (C=O) groups is 2. The number of fused-ring (bicyclic) bond motifs is 1. The summed E-state index contributed by atoms with van der Waals surface area (Å²) in [6.45, 7) is 4.32. The normalized spacial score (nSPS) is 14.8. The lowest BCUT2D eigenvalue weighted by Gasteiger charge is -2.16. The first-order valence-electron chi connectivity index (χ1n) is 9.60. The van der Waals surface area contributed by atoms with Gasteiger partial charge in [-0.05, 0) is 73.0 Å². The molecule has 0 spiro atoms. The molecule has 0 saturated heterocycles. The molecule has 0 aliphatic carbocycles. The number of nitrogens with zero attached hydrogens (tertiary/aromatic N) is 1. The Morgan fingerprint density at radius 2 is 1.97 bits per heavy atom. The van der Waals surface area contributed by atoms with Crippen LogP contribution in [0.2, 0.25) is 5.02 Å². The Morgan fingerprint density at radius 3 is 2.67 bits per heavy atom. The molecule has 0 saturated carbocycles. The number of carbonyl (C=O) groups excluding carboxylic acids is 2. The lowest BCUT2D eigenvalue weighted by Crippen LogP contribution is -2.26. The van der Waals surface area contributed by atoms with Crippen LogP contribution < -0.4 is 10.1 Å². The quantitative estimate of drug-likeness (QED) is 0.113. The van der Waals surface area contributed by atoms with Gasteiger partial charge in [0.05, 0.1) is 12.0 Å². The van der Waals surface area contributed by atoms with Crippen molar-refractivity contribution < 1.29 is 23.3 Å². The number of ketones is 1. The number of nitrogens with one attached hydrogen (secondary N) is 1. The molecule has 0 aromatic heterocycles. The van der Waals surface area contributed by atoms with E-state index < -0.39 is 5.41 Å². The van der Waals surface area contributed by atoms with Crippen molar-refractivity contribution in [3.05, 3.63) is 58.6 Å². The van der Waals surface area contributed by atoms with Gasteiger partial charge in [-0.1, -0.05) is 11.6 Å². The number of thiol groups is 1. The van der Waals surface area contributed by atoms with Crippen molar-refractivity contribution in [2.24, 2.45) is 0 Å². The lowest BCUT2D eigenvalue weighted by atomic mass is 9.86. The van der Waals surface area contributed by atoms with Crippen LogP contribution in [0.15, 0.2) is 42.5 Å². The van der Waals surface area contributed by atoms with E-state index in [1.165, 1.54) is 4.74 Å². The predicted octanol–water partition coefficient (Wildman–Crippen LogP) is 4.47. The molecule has 8 heteroatoms. The molecule has 2 aromatic rings. The molecule has 1 aliphatic rings. The van der Waals surface area contributed by atoms with Crippen LogP contribution >= 0.6 is 24.5 Å². The van der Waals surface area contributed by atoms with Gasteiger partial charge in [0.1, 0.15) is 18.7 Å². The maximum atomic E-state index is 12.3. The zero-order valence-electron chi connectivity index (χ0n) is 16.9. The Labute approximate surface area is 186 Å². The molecule has 30 heavy (non-hydrogen) atoms. The maximum Gasteiger partial charge on any atom is 0.256 e. The average molecular weight is 448 g/mol. The zero-order chi connectivity index (χ0) is 21.7. The molecule has 0 bridgehead atoms. The van der Waals surface area contributed by atoms with Gasteiger partial charge in [0, 0.05) is 22.7 Å². The number of halogens is 1. The van der Waals surface area contributed by atoms with E-state index >= 15 is 0 Å². The Morgan fingerprint density at radius 1 is 1.23 bits per heavy atom. The molecule has 0 fully saturated rings. The first-order valence-corrected chi connectivity index (χ1v) is 10.3. The minimum atomic E-state index is -0.566. The highest BCUT2D eigenvalue weighted by Crippen LogP contribution is 2.39. The molecule has 0 radical (unpaired) electrons. The molecule has 3 rings (SSSR count). The van der Waals surface area contributed by atoms with Crippen molar-refractivity contribution in [2.75, 3.05) is 18.5 Å². The number of hydrogen-bond donors (Lipinski definition) is 2. The zero-order valence-corrected chi connectivity index (χ0v) is 18.5. The summed E-state index contributed by atoms with van der Waals surface area (Å²) in [4.78, 5) is 24.3. The first kappa shape index (κ1) is 22.2. The van der Waals surface area contributed by atoms with Crippen LogP contribution in [0.4, 0.5) is 5.69 Å². The molecular weight excluding hydrogens is 424 g/mol. The highest BCUT2D eigenvalue weighted by molar-refractivity contribution is 7.74. The van der Waals surface area contributed by atoms with Gasteiger partial charge in [0.15, 0.2) is 6.21 Å². The topological polar surface area (TPSA) is 67.6 Å².